The molecule has 52 heavy (non-hydrogen) atoms. The van der Waals surface area contributed by atoms with Crippen LogP contribution in [0.4, 0.5) is 46.1 Å². The molecule has 0 bridgehead atoms. The minimum atomic E-state index is -4.51. The first-order chi connectivity index (χ1) is 24.5. The molecule has 16 heteroatoms. The third kappa shape index (κ3) is 11.5. The highest BCUT2D eigenvalue weighted by molar-refractivity contribution is 5.69. The molecular formula is C36H42F7N5O4. The number of benzene rings is 2. The van der Waals surface area contributed by atoms with Crippen molar-refractivity contribution in [1.82, 2.24) is 14.8 Å². The first-order valence-corrected chi connectivity index (χ1v) is 16.7. The number of anilines is 1. The van der Waals surface area contributed by atoms with Gasteiger partial charge in [-0.05, 0) is 35.1 Å². The highest BCUT2D eigenvalue weighted by Gasteiger charge is 2.47. The number of amides is 2. The summed E-state index contributed by atoms with van der Waals surface area (Å²) in [5.74, 6) is -6.74. The van der Waals surface area contributed by atoms with Crippen LogP contribution < -0.4 is 11.1 Å². The van der Waals surface area contributed by atoms with E-state index in [2.05, 4.69) is 10.3 Å². The van der Waals surface area contributed by atoms with Gasteiger partial charge in [0.25, 0.3) is 11.8 Å². The third-order valence-corrected chi connectivity index (χ3v) is 8.86. The first-order valence-electron chi connectivity index (χ1n) is 16.7. The average molecular weight is 742 g/mol. The van der Waals surface area contributed by atoms with Crippen LogP contribution in [0.15, 0.2) is 79.0 Å². The number of carbonyl (C=O) groups excluding carboxylic acids is 2. The minimum absolute atomic E-state index is 0.0377. The summed E-state index contributed by atoms with van der Waals surface area (Å²) in [6, 6.07) is 18.9. The Hall–Kier alpha value is -4.60. The van der Waals surface area contributed by atoms with E-state index in [9.17, 15) is 40.3 Å². The number of pyridine rings is 1. The van der Waals surface area contributed by atoms with Gasteiger partial charge in [0, 0.05) is 32.1 Å². The number of ether oxygens (including phenoxy) is 2. The average Bonchev–Trinajstić information content (AvgIpc) is 3.09. The molecule has 9 nitrogen and oxygen atoms in total. The van der Waals surface area contributed by atoms with Crippen LogP contribution in [0, 0.1) is 11.8 Å². The van der Waals surface area contributed by atoms with Crippen LogP contribution in [0.3, 0.4) is 0 Å². The lowest BCUT2D eigenvalue weighted by Crippen LogP contribution is -2.57. The zero-order valence-corrected chi connectivity index (χ0v) is 28.7. The van der Waals surface area contributed by atoms with Crippen LogP contribution in [0.2, 0.25) is 0 Å². The minimum Gasteiger partial charge on any atom is -0.445 e. The van der Waals surface area contributed by atoms with Gasteiger partial charge < -0.3 is 20.5 Å². The maximum Gasteiger partial charge on any atom is 0.417 e. The van der Waals surface area contributed by atoms with Gasteiger partial charge in [0.2, 0.25) is 0 Å². The van der Waals surface area contributed by atoms with Crippen molar-refractivity contribution in [2.24, 2.45) is 17.6 Å². The van der Waals surface area contributed by atoms with E-state index in [1.54, 1.807) is 56.3 Å². The standard InChI is InChI=1S/C21H22F5N3O2.C15H20F2N2O2/c1-14-9-20(22,23)13-29(19(30)31-12-15-5-3-2-4-6-15)17(14)11-28-18-8-7-16(10-27-18)21(24,25)26;1-11-7-15(16,17)10-19(13(11)8-18)14(20)21-9-12-5-3-2-4-6-12/h2-8,10,14,17H,9,11-13H2,1H3,(H,27,28);2-6,11,13H,7-10,18H2,1H3/t14-,17-;11-,13-/m11/s1. The van der Waals surface area contributed by atoms with Crippen LogP contribution in [-0.4, -0.2) is 77.1 Å². The molecule has 0 spiro atoms. The summed E-state index contributed by atoms with van der Waals surface area (Å²) in [5, 5.41) is 2.84. The Morgan fingerprint density at radius 2 is 1.25 bits per heavy atom. The Morgan fingerprint density at radius 1 is 0.788 bits per heavy atom. The number of hydrogen-bond donors (Lipinski definition) is 2. The molecule has 2 aliphatic heterocycles. The van der Waals surface area contributed by atoms with Crippen LogP contribution in [0.1, 0.15) is 43.4 Å². The van der Waals surface area contributed by atoms with Gasteiger partial charge >= 0.3 is 18.4 Å². The van der Waals surface area contributed by atoms with Crippen molar-refractivity contribution >= 4 is 18.0 Å². The van der Waals surface area contributed by atoms with E-state index < -0.39 is 73.3 Å². The summed E-state index contributed by atoms with van der Waals surface area (Å²) in [5.41, 5.74) is 6.26. The number of aromatic nitrogens is 1. The molecule has 2 aromatic carbocycles. The topological polar surface area (TPSA) is 110 Å². The number of nitrogens with one attached hydrogen (secondary N) is 1. The van der Waals surface area contributed by atoms with Crippen molar-refractivity contribution in [3.8, 4) is 0 Å². The van der Waals surface area contributed by atoms with Crippen molar-refractivity contribution < 1.29 is 49.8 Å². The molecule has 2 saturated heterocycles. The second-order valence-electron chi connectivity index (χ2n) is 13.1. The van der Waals surface area contributed by atoms with E-state index >= 15 is 0 Å². The van der Waals surface area contributed by atoms with Gasteiger partial charge in [-0.2, -0.15) is 13.2 Å². The number of halogens is 7. The molecule has 2 amide bonds. The maximum absolute atomic E-state index is 14.1. The van der Waals surface area contributed by atoms with Gasteiger partial charge in [0.1, 0.15) is 19.0 Å². The zero-order valence-electron chi connectivity index (χ0n) is 28.7. The summed E-state index contributed by atoms with van der Waals surface area (Å²) >= 11 is 0. The van der Waals surface area contributed by atoms with E-state index in [1.807, 2.05) is 18.2 Å². The lowest BCUT2D eigenvalue weighted by Gasteiger charge is -2.42. The summed E-state index contributed by atoms with van der Waals surface area (Å²) in [6.07, 6.45) is -6.09. The highest BCUT2D eigenvalue weighted by Crippen LogP contribution is 2.36. The summed E-state index contributed by atoms with van der Waals surface area (Å²) in [7, 11) is 0. The quantitative estimate of drug-likeness (QED) is 0.227. The predicted octanol–water partition coefficient (Wildman–Crippen LogP) is 7.82. The van der Waals surface area contributed by atoms with Crippen molar-refractivity contribution in [3.63, 3.8) is 0 Å². The number of carbonyl (C=O) groups is 2. The Kier molecular flexibility index (Phi) is 13.3. The molecule has 5 rings (SSSR count). The fourth-order valence-electron chi connectivity index (χ4n) is 6.24. The SMILES string of the molecule is C[C@@H]1CC(F)(F)CN(C(=O)OCc2ccccc2)[C@@H]1CN.C[C@@H]1CC(F)(F)CN(C(=O)OCc2ccccc2)[C@@H]1CNc1ccc(C(F)(F)F)cn1. The fraction of sp³-hybridized carbons (Fsp3) is 0.472. The normalized spacial score (nSPS) is 22.4. The summed E-state index contributed by atoms with van der Waals surface area (Å²) in [6.45, 7) is 2.04. The third-order valence-electron chi connectivity index (χ3n) is 8.86. The summed E-state index contributed by atoms with van der Waals surface area (Å²) < 4.78 is 104. The van der Waals surface area contributed by atoms with E-state index in [-0.39, 0.29) is 44.5 Å². The lowest BCUT2D eigenvalue weighted by atomic mass is 9.88. The molecule has 2 fully saturated rings. The van der Waals surface area contributed by atoms with Gasteiger partial charge in [-0.15, -0.1) is 0 Å². The first kappa shape index (κ1) is 40.2. The van der Waals surface area contributed by atoms with E-state index in [0.717, 1.165) is 33.1 Å². The van der Waals surface area contributed by atoms with E-state index in [0.29, 0.717) is 6.20 Å². The number of rotatable bonds is 8. The maximum atomic E-state index is 14.1. The van der Waals surface area contributed by atoms with Crippen molar-refractivity contribution in [2.45, 2.75) is 70.0 Å². The summed E-state index contributed by atoms with van der Waals surface area (Å²) in [4.78, 5) is 30.4. The largest absolute Gasteiger partial charge is 0.445 e. The smallest absolute Gasteiger partial charge is 0.417 e. The van der Waals surface area contributed by atoms with Crippen LogP contribution in [-0.2, 0) is 28.9 Å². The van der Waals surface area contributed by atoms with Gasteiger partial charge in [-0.3, -0.25) is 9.80 Å². The molecule has 0 unspecified atom stereocenters. The second-order valence-corrected chi connectivity index (χ2v) is 13.1. The fourth-order valence-corrected chi connectivity index (χ4v) is 6.24. The molecular weight excluding hydrogens is 699 g/mol. The number of hydrogen-bond acceptors (Lipinski definition) is 7. The molecule has 3 N–H and O–H groups in total. The molecule has 0 saturated carbocycles. The number of piperidine rings is 2. The van der Waals surface area contributed by atoms with E-state index in [1.165, 1.54) is 0 Å². The van der Waals surface area contributed by atoms with Crippen LogP contribution in [0.25, 0.3) is 0 Å². The number of nitrogens with two attached hydrogens (primary N) is 1. The molecule has 0 radical (unpaired) electrons. The number of likely N-dealkylation sites (tertiary alicyclic amines) is 2. The Bertz CT molecular complexity index is 1580. The molecule has 4 atom stereocenters. The molecule has 2 aliphatic rings. The lowest BCUT2D eigenvalue weighted by molar-refractivity contribution is -0.137. The van der Waals surface area contributed by atoms with Gasteiger partial charge in [0.05, 0.1) is 30.7 Å². The zero-order chi connectivity index (χ0) is 38.1. The highest BCUT2D eigenvalue weighted by atomic mass is 19.4. The number of alkyl halides is 7. The van der Waals surface area contributed by atoms with Crippen LogP contribution >= 0.6 is 0 Å². The van der Waals surface area contributed by atoms with Crippen LogP contribution in [0.5, 0.6) is 0 Å². The Morgan fingerprint density at radius 3 is 1.67 bits per heavy atom. The van der Waals surface area contributed by atoms with Gasteiger partial charge in [0.15, 0.2) is 0 Å². The molecule has 1 aromatic heterocycles. The van der Waals surface area contributed by atoms with Gasteiger partial charge in [-0.25, -0.2) is 32.1 Å². The van der Waals surface area contributed by atoms with Crippen molar-refractivity contribution in [3.05, 3.63) is 95.7 Å². The molecule has 0 aliphatic carbocycles. The Labute approximate surface area is 297 Å². The van der Waals surface area contributed by atoms with Crippen molar-refractivity contribution in [2.75, 3.05) is 31.5 Å². The monoisotopic (exact) mass is 741 g/mol. The molecule has 3 aromatic rings. The molecule has 3 heterocycles. The predicted molar refractivity (Wildman–Crippen MR) is 178 cm³/mol. The molecule has 284 valence electrons. The van der Waals surface area contributed by atoms with Crippen molar-refractivity contribution in [1.29, 1.82) is 0 Å². The Balaban J connectivity index is 0.000000251. The van der Waals surface area contributed by atoms with E-state index in [4.69, 9.17) is 15.2 Å². The number of nitrogens with zero attached hydrogens (tertiary/aromatic N) is 3. The second kappa shape index (κ2) is 17.3. The van der Waals surface area contributed by atoms with Gasteiger partial charge in [-0.1, -0.05) is 74.5 Å².